The number of rotatable bonds is 8. The number of aliphatic carboxylic acids is 1. The van der Waals surface area contributed by atoms with E-state index in [1.807, 2.05) is 0 Å². The third-order valence-corrected chi connectivity index (χ3v) is 3.69. The molecule has 0 aliphatic rings. The molecule has 0 amide bonds. The molecule has 0 aliphatic carbocycles. The fraction of sp³-hybridized carbons (Fsp3) is 0.417. The van der Waals surface area contributed by atoms with Crippen LogP contribution in [-0.2, 0) is 21.4 Å². The van der Waals surface area contributed by atoms with Gasteiger partial charge in [-0.05, 0) is 30.5 Å². The molecule has 0 heterocycles. The van der Waals surface area contributed by atoms with Crippen molar-refractivity contribution < 1.29 is 23.4 Å². The predicted molar refractivity (Wildman–Crippen MR) is 73.6 cm³/mol. The third kappa shape index (κ3) is 5.55. The van der Waals surface area contributed by atoms with Gasteiger partial charge in [0.15, 0.2) is 0 Å². The maximum atomic E-state index is 11.6. The Morgan fingerprint density at radius 3 is 2.40 bits per heavy atom. The van der Waals surface area contributed by atoms with Gasteiger partial charge in [-0.2, -0.15) is 13.1 Å². The van der Waals surface area contributed by atoms with Gasteiger partial charge in [-0.1, -0.05) is 19.1 Å². The highest BCUT2D eigenvalue weighted by Crippen LogP contribution is 2.11. The monoisotopic (exact) mass is 302 g/mol. The molecule has 0 spiro atoms. The van der Waals surface area contributed by atoms with Crippen LogP contribution in [0.1, 0.15) is 18.9 Å². The molecule has 1 atom stereocenters. The van der Waals surface area contributed by atoms with E-state index in [9.17, 15) is 13.2 Å². The van der Waals surface area contributed by atoms with Crippen LogP contribution in [0, 0.1) is 0 Å². The molecule has 0 radical (unpaired) electrons. The van der Waals surface area contributed by atoms with Crippen molar-refractivity contribution in [1.29, 1.82) is 0 Å². The number of carboxylic acid groups (broad SMARTS) is 1. The van der Waals surface area contributed by atoms with Gasteiger partial charge in [-0.25, -0.2) is 4.72 Å². The second-order valence-electron chi connectivity index (χ2n) is 4.28. The van der Waals surface area contributed by atoms with Gasteiger partial charge in [0.2, 0.25) is 0 Å². The van der Waals surface area contributed by atoms with Crippen molar-refractivity contribution in [2.24, 2.45) is 0 Å². The number of benzene rings is 1. The van der Waals surface area contributed by atoms with Crippen LogP contribution < -0.4 is 9.44 Å². The number of hydrogen-bond acceptors (Lipinski definition) is 4. The molecule has 112 valence electrons. The zero-order valence-electron chi connectivity index (χ0n) is 11.0. The highest BCUT2D eigenvalue weighted by molar-refractivity contribution is 7.87. The zero-order chi connectivity index (χ0) is 15.2. The molecule has 0 aliphatic heterocycles. The number of phenols is 1. The average molecular weight is 302 g/mol. The van der Waals surface area contributed by atoms with Crippen LogP contribution in [0.2, 0.25) is 0 Å². The maximum Gasteiger partial charge on any atom is 0.322 e. The molecule has 0 saturated heterocycles. The van der Waals surface area contributed by atoms with E-state index in [4.69, 9.17) is 10.2 Å². The molecule has 1 rings (SSSR count). The van der Waals surface area contributed by atoms with E-state index in [0.717, 1.165) is 0 Å². The molecule has 1 aromatic carbocycles. The largest absolute Gasteiger partial charge is 0.508 e. The number of carboxylic acids is 1. The van der Waals surface area contributed by atoms with Gasteiger partial charge in [0.25, 0.3) is 10.2 Å². The van der Waals surface area contributed by atoms with Crippen LogP contribution in [0.4, 0.5) is 0 Å². The Hall–Kier alpha value is -1.64. The minimum absolute atomic E-state index is 0.0113. The van der Waals surface area contributed by atoms with Gasteiger partial charge in [-0.3, -0.25) is 4.79 Å². The van der Waals surface area contributed by atoms with Crippen LogP contribution in [0.15, 0.2) is 24.3 Å². The van der Waals surface area contributed by atoms with E-state index in [0.29, 0.717) is 12.0 Å². The van der Waals surface area contributed by atoms with Crippen molar-refractivity contribution in [3.8, 4) is 5.75 Å². The first-order valence-corrected chi connectivity index (χ1v) is 7.60. The van der Waals surface area contributed by atoms with Crippen molar-refractivity contribution in [3.63, 3.8) is 0 Å². The van der Waals surface area contributed by atoms with Crippen molar-refractivity contribution in [2.75, 3.05) is 6.54 Å². The van der Waals surface area contributed by atoms with Crippen molar-refractivity contribution >= 4 is 16.2 Å². The fourth-order valence-corrected chi connectivity index (χ4v) is 2.63. The van der Waals surface area contributed by atoms with Crippen LogP contribution in [0.5, 0.6) is 5.75 Å². The molecule has 0 saturated carbocycles. The number of phenolic OH excluding ortho intramolecular Hbond substituents is 1. The van der Waals surface area contributed by atoms with Gasteiger partial charge in [-0.15, -0.1) is 0 Å². The zero-order valence-corrected chi connectivity index (χ0v) is 11.9. The smallest absolute Gasteiger partial charge is 0.322 e. The summed E-state index contributed by atoms with van der Waals surface area (Å²) >= 11 is 0. The van der Waals surface area contributed by atoms with Gasteiger partial charge in [0.05, 0.1) is 0 Å². The second kappa shape index (κ2) is 7.22. The number of carbonyl (C=O) groups is 1. The van der Waals surface area contributed by atoms with E-state index in [-0.39, 0.29) is 18.7 Å². The maximum absolute atomic E-state index is 11.6. The summed E-state index contributed by atoms with van der Waals surface area (Å²) in [6.45, 7) is 2.04. The molecule has 0 fully saturated rings. The lowest BCUT2D eigenvalue weighted by Crippen LogP contribution is -2.47. The Kier molecular flexibility index (Phi) is 5.93. The summed E-state index contributed by atoms with van der Waals surface area (Å²) in [5, 5.41) is 18.2. The van der Waals surface area contributed by atoms with E-state index < -0.39 is 22.2 Å². The normalized spacial score (nSPS) is 13.1. The third-order valence-electron chi connectivity index (χ3n) is 2.51. The first-order valence-electron chi connectivity index (χ1n) is 6.11. The molecule has 1 aromatic rings. The van der Waals surface area contributed by atoms with Crippen molar-refractivity contribution in [1.82, 2.24) is 9.44 Å². The lowest BCUT2D eigenvalue weighted by molar-refractivity contribution is -0.138. The summed E-state index contributed by atoms with van der Waals surface area (Å²) in [6, 6.07) is 4.64. The first-order chi connectivity index (χ1) is 9.34. The Morgan fingerprint density at radius 1 is 1.30 bits per heavy atom. The minimum atomic E-state index is -3.85. The van der Waals surface area contributed by atoms with Gasteiger partial charge in [0.1, 0.15) is 11.8 Å². The molecule has 7 nitrogen and oxygen atoms in total. The van der Waals surface area contributed by atoms with E-state index >= 15 is 0 Å². The van der Waals surface area contributed by atoms with Crippen LogP contribution in [0.3, 0.4) is 0 Å². The number of nitrogens with one attached hydrogen (secondary N) is 2. The highest BCUT2D eigenvalue weighted by atomic mass is 32.2. The number of aromatic hydroxyl groups is 1. The van der Waals surface area contributed by atoms with E-state index in [1.165, 1.54) is 12.1 Å². The molecule has 20 heavy (non-hydrogen) atoms. The highest BCUT2D eigenvalue weighted by Gasteiger charge is 2.23. The standard InChI is InChI=1S/C12H18N2O5S/c1-2-7-13-20(18,19)14-11(12(16)17)8-9-3-5-10(15)6-4-9/h3-6,11,13-15H,2,7-8H2,1H3,(H,16,17)/t11-/m0/s1. The van der Waals surface area contributed by atoms with Gasteiger partial charge in [0, 0.05) is 6.54 Å². The van der Waals surface area contributed by atoms with Crippen molar-refractivity contribution in [3.05, 3.63) is 29.8 Å². The summed E-state index contributed by atoms with van der Waals surface area (Å²) < 4.78 is 27.6. The quantitative estimate of drug-likeness (QED) is 0.548. The van der Waals surface area contributed by atoms with Gasteiger partial charge < -0.3 is 10.2 Å². The molecule has 0 unspecified atom stereocenters. The van der Waals surface area contributed by atoms with Crippen LogP contribution in [0.25, 0.3) is 0 Å². The lowest BCUT2D eigenvalue weighted by atomic mass is 10.1. The summed E-state index contributed by atoms with van der Waals surface area (Å²) in [6.07, 6.45) is 0.596. The average Bonchev–Trinajstić information content (AvgIpc) is 2.38. The van der Waals surface area contributed by atoms with E-state index in [2.05, 4.69) is 9.44 Å². The van der Waals surface area contributed by atoms with Crippen LogP contribution in [-0.4, -0.2) is 37.2 Å². The Bertz CT molecular complexity index is 541. The summed E-state index contributed by atoms with van der Waals surface area (Å²) in [5.41, 5.74) is 0.605. The topological polar surface area (TPSA) is 116 Å². The first kappa shape index (κ1) is 16.4. The number of hydrogen-bond donors (Lipinski definition) is 4. The summed E-state index contributed by atoms with van der Waals surface area (Å²) in [4.78, 5) is 11.1. The van der Waals surface area contributed by atoms with Crippen molar-refractivity contribution in [2.45, 2.75) is 25.8 Å². The van der Waals surface area contributed by atoms with E-state index in [1.54, 1.807) is 19.1 Å². The molecular formula is C12H18N2O5S. The summed E-state index contributed by atoms with van der Waals surface area (Å²) in [5.74, 6) is -1.20. The SMILES string of the molecule is CCCNS(=O)(=O)N[C@@H](Cc1ccc(O)cc1)C(=O)O. The predicted octanol–water partition coefficient (Wildman–Crippen LogP) is 0.222. The molecular weight excluding hydrogens is 284 g/mol. The lowest BCUT2D eigenvalue weighted by Gasteiger charge is -2.15. The minimum Gasteiger partial charge on any atom is -0.508 e. The molecule has 0 aromatic heterocycles. The Morgan fingerprint density at radius 2 is 1.90 bits per heavy atom. The Labute approximate surface area is 117 Å². The summed E-state index contributed by atoms with van der Waals surface area (Å²) in [7, 11) is -3.85. The van der Waals surface area contributed by atoms with Gasteiger partial charge >= 0.3 is 5.97 Å². The fourth-order valence-electron chi connectivity index (χ4n) is 1.51. The molecule has 8 heteroatoms. The second-order valence-corrected chi connectivity index (χ2v) is 5.81. The van der Waals surface area contributed by atoms with Crippen LogP contribution >= 0.6 is 0 Å². The Balaban J connectivity index is 2.75. The molecule has 4 N–H and O–H groups in total. The molecule has 0 bridgehead atoms.